The van der Waals surface area contributed by atoms with E-state index < -0.39 is 5.97 Å². The van der Waals surface area contributed by atoms with Crippen LogP contribution in [0.25, 0.3) is 0 Å². The summed E-state index contributed by atoms with van der Waals surface area (Å²) < 4.78 is 4.70. The molecule has 3 aromatic rings. The van der Waals surface area contributed by atoms with Crippen molar-refractivity contribution in [2.45, 2.75) is 6.42 Å². The van der Waals surface area contributed by atoms with Gasteiger partial charge < -0.3 is 15.4 Å². The fourth-order valence-electron chi connectivity index (χ4n) is 2.57. The van der Waals surface area contributed by atoms with E-state index in [1.54, 1.807) is 36.4 Å². The molecule has 28 heavy (non-hydrogen) atoms. The standard InChI is InChI=1S/C21H20N4O3/c1-28-21(27)16-8-5-9-17(14-16)23-19-11-10-18(24-25-19)20(26)22-13-12-15-6-3-2-4-7-15/h2-11,14H,12-13H2,1H3,(H,22,26)(H,23,25). The Morgan fingerprint density at radius 1 is 0.964 bits per heavy atom. The van der Waals surface area contributed by atoms with E-state index in [0.717, 1.165) is 12.0 Å². The monoisotopic (exact) mass is 376 g/mol. The lowest BCUT2D eigenvalue weighted by Crippen LogP contribution is -2.26. The van der Waals surface area contributed by atoms with Gasteiger partial charge in [0, 0.05) is 12.2 Å². The number of methoxy groups -OCH3 is 1. The summed E-state index contributed by atoms with van der Waals surface area (Å²) in [6.45, 7) is 0.519. The highest BCUT2D eigenvalue weighted by Crippen LogP contribution is 2.16. The average molecular weight is 376 g/mol. The van der Waals surface area contributed by atoms with Crippen molar-refractivity contribution in [3.8, 4) is 0 Å². The first-order chi connectivity index (χ1) is 13.7. The molecule has 0 saturated carbocycles. The van der Waals surface area contributed by atoms with Crippen molar-refractivity contribution < 1.29 is 14.3 Å². The Labute approximate surface area is 162 Å². The third kappa shape index (κ3) is 5.14. The molecule has 0 aliphatic heterocycles. The highest BCUT2D eigenvalue weighted by Gasteiger charge is 2.09. The minimum absolute atomic E-state index is 0.238. The van der Waals surface area contributed by atoms with Gasteiger partial charge in [0.05, 0.1) is 12.7 Å². The van der Waals surface area contributed by atoms with Crippen LogP contribution in [0.2, 0.25) is 0 Å². The number of anilines is 2. The van der Waals surface area contributed by atoms with Crippen molar-refractivity contribution in [2.24, 2.45) is 0 Å². The van der Waals surface area contributed by atoms with Crippen LogP contribution in [0.15, 0.2) is 66.7 Å². The van der Waals surface area contributed by atoms with Gasteiger partial charge in [-0.05, 0) is 42.3 Å². The quantitative estimate of drug-likeness (QED) is 0.616. The molecule has 0 fully saturated rings. The first kappa shape index (κ1) is 19.0. The second-order valence-electron chi connectivity index (χ2n) is 5.99. The topological polar surface area (TPSA) is 93.2 Å². The van der Waals surface area contributed by atoms with Gasteiger partial charge in [0.2, 0.25) is 0 Å². The minimum atomic E-state index is -0.419. The largest absolute Gasteiger partial charge is 0.465 e. The first-order valence-corrected chi connectivity index (χ1v) is 8.77. The van der Waals surface area contributed by atoms with Gasteiger partial charge in [-0.3, -0.25) is 4.79 Å². The molecule has 142 valence electrons. The van der Waals surface area contributed by atoms with E-state index in [9.17, 15) is 9.59 Å². The van der Waals surface area contributed by atoms with Crippen molar-refractivity contribution in [3.63, 3.8) is 0 Å². The second-order valence-corrected chi connectivity index (χ2v) is 5.99. The maximum atomic E-state index is 12.2. The predicted molar refractivity (Wildman–Crippen MR) is 106 cm³/mol. The zero-order chi connectivity index (χ0) is 19.8. The van der Waals surface area contributed by atoms with Crippen LogP contribution in [0.4, 0.5) is 11.5 Å². The molecule has 0 radical (unpaired) electrons. The molecule has 7 nitrogen and oxygen atoms in total. The number of ether oxygens (including phenoxy) is 1. The fraction of sp³-hybridized carbons (Fsp3) is 0.143. The molecule has 0 unspecified atom stereocenters. The van der Waals surface area contributed by atoms with E-state index in [1.165, 1.54) is 7.11 Å². The third-order valence-corrected chi connectivity index (χ3v) is 4.00. The summed E-state index contributed by atoms with van der Waals surface area (Å²) in [4.78, 5) is 23.8. The van der Waals surface area contributed by atoms with Gasteiger partial charge in [-0.2, -0.15) is 0 Å². The lowest BCUT2D eigenvalue weighted by molar-refractivity contribution is 0.0600. The Bertz CT molecular complexity index is 943. The van der Waals surface area contributed by atoms with Crippen molar-refractivity contribution in [1.82, 2.24) is 15.5 Å². The second kappa shape index (κ2) is 9.27. The van der Waals surface area contributed by atoms with Gasteiger partial charge in [0.1, 0.15) is 0 Å². The number of aromatic nitrogens is 2. The SMILES string of the molecule is COC(=O)c1cccc(Nc2ccc(C(=O)NCCc3ccccc3)nn2)c1. The summed E-state index contributed by atoms with van der Waals surface area (Å²) >= 11 is 0. The molecule has 1 amide bonds. The zero-order valence-electron chi connectivity index (χ0n) is 15.4. The van der Waals surface area contributed by atoms with Crippen LogP contribution >= 0.6 is 0 Å². The van der Waals surface area contributed by atoms with E-state index >= 15 is 0 Å². The van der Waals surface area contributed by atoms with Gasteiger partial charge in [-0.25, -0.2) is 4.79 Å². The lowest BCUT2D eigenvalue weighted by atomic mass is 10.1. The van der Waals surface area contributed by atoms with E-state index in [2.05, 4.69) is 20.8 Å². The van der Waals surface area contributed by atoms with Crippen LogP contribution < -0.4 is 10.6 Å². The maximum Gasteiger partial charge on any atom is 0.337 e. The number of hydrogen-bond acceptors (Lipinski definition) is 6. The summed E-state index contributed by atoms with van der Waals surface area (Å²) in [6.07, 6.45) is 0.746. The van der Waals surface area contributed by atoms with Gasteiger partial charge in [-0.1, -0.05) is 36.4 Å². The molecule has 1 aromatic heterocycles. The van der Waals surface area contributed by atoms with Crippen LogP contribution in [-0.2, 0) is 11.2 Å². The summed E-state index contributed by atoms with van der Waals surface area (Å²) in [7, 11) is 1.33. The molecular weight excluding hydrogens is 356 g/mol. The Morgan fingerprint density at radius 2 is 1.79 bits per heavy atom. The number of carbonyl (C=O) groups excluding carboxylic acids is 2. The molecule has 0 atom stereocenters. The Hall–Kier alpha value is -3.74. The molecular formula is C21H20N4O3. The predicted octanol–water partition coefficient (Wildman–Crippen LogP) is 2.98. The Morgan fingerprint density at radius 3 is 2.50 bits per heavy atom. The summed E-state index contributed by atoms with van der Waals surface area (Å²) in [6, 6.07) is 20.0. The van der Waals surface area contributed by atoms with Gasteiger partial charge in [0.25, 0.3) is 5.91 Å². The van der Waals surface area contributed by atoms with E-state index in [0.29, 0.717) is 23.6 Å². The number of amides is 1. The summed E-state index contributed by atoms with van der Waals surface area (Å²) in [5.41, 5.74) is 2.48. The molecule has 0 saturated heterocycles. The van der Waals surface area contributed by atoms with Gasteiger partial charge >= 0.3 is 5.97 Å². The third-order valence-electron chi connectivity index (χ3n) is 4.00. The average Bonchev–Trinajstić information content (AvgIpc) is 2.74. The number of carbonyl (C=O) groups is 2. The van der Waals surface area contributed by atoms with Gasteiger partial charge in [0.15, 0.2) is 11.5 Å². The number of rotatable bonds is 7. The van der Waals surface area contributed by atoms with Crippen LogP contribution in [0.5, 0.6) is 0 Å². The lowest BCUT2D eigenvalue weighted by Gasteiger charge is -2.08. The molecule has 0 spiro atoms. The zero-order valence-corrected chi connectivity index (χ0v) is 15.4. The van der Waals surface area contributed by atoms with E-state index in [-0.39, 0.29) is 11.6 Å². The van der Waals surface area contributed by atoms with Crippen LogP contribution in [-0.4, -0.2) is 35.7 Å². The highest BCUT2D eigenvalue weighted by atomic mass is 16.5. The Kier molecular flexibility index (Phi) is 6.30. The molecule has 2 N–H and O–H groups in total. The molecule has 0 aliphatic rings. The van der Waals surface area contributed by atoms with Gasteiger partial charge in [-0.15, -0.1) is 10.2 Å². The number of nitrogens with one attached hydrogen (secondary N) is 2. The fourth-order valence-corrected chi connectivity index (χ4v) is 2.57. The molecule has 7 heteroatoms. The van der Waals surface area contributed by atoms with Crippen molar-refractivity contribution >= 4 is 23.4 Å². The van der Waals surface area contributed by atoms with Crippen LogP contribution in [0.3, 0.4) is 0 Å². The number of esters is 1. The summed E-state index contributed by atoms with van der Waals surface area (Å²) in [5, 5.41) is 13.8. The summed E-state index contributed by atoms with van der Waals surface area (Å²) in [5.74, 6) is -0.234. The smallest absolute Gasteiger partial charge is 0.337 e. The maximum absolute atomic E-state index is 12.2. The number of nitrogens with zero attached hydrogens (tertiary/aromatic N) is 2. The molecule has 2 aromatic carbocycles. The van der Waals surface area contributed by atoms with Crippen LogP contribution in [0.1, 0.15) is 26.4 Å². The van der Waals surface area contributed by atoms with Crippen molar-refractivity contribution in [2.75, 3.05) is 19.0 Å². The highest BCUT2D eigenvalue weighted by molar-refractivity contribution is 5.92. The van der Waals surface area contributed by atoms with Crippen LogP contribution in [0, 0.1) is 0 Å². The number of benzene rings is 2. The van der Waals surface area contributed by atoms with Crippen molar-refractivity contribution in [1.29, 1.82) is 0 Å². The molecule has 1 heterocycles. The minimum Gasteiger partial charge on any atom is -0.465 e. The molecule has 3 rings (SSSR count). The van der Waals surface area contributed by atoms with Crippen molar-refractivity contribution in [3.05, 3.63) is 83.6 Å². The molecule has 0 aliphatic carbocycles. The Balaban J connectivity index is 1.56. The van der Waals surface area contributed by atoms with E-state index in [1.807, 2.05) is 30.3 Å². The first-order valence-electron chi connectivity index (χ1n) is 8.77. The van der Waals surface area contributed by atoms with E-state index in [4.69, 9.17) is 4.74 Å². The normalized spacial score (nSPS) is 10.2. The number of hydrogen-bond donors (Lipinski definition) is 2. The molecule has 0 bridgehead atoms.